The average Bonchev–Trinajstić information content (AvgIpc) is 3.62. The zero-order chi connectivity index (χ0) is 29.3. The first kappa shape index (κ1) is 27.0. The smallest absolute Gasteiger partial charge is 0.319 e. The lowest BCUT2D eigenvalue weighted by atomic mass is 9.92. The van der Waals surface area contributed by atoms with Crippen LogP contribution in [-0.4, -0.2) is 70.3 Å². The third-order valence-electron chi connectivity index (χ3n) is 10.1. The monoisotopic (exact) mass is 585 g/mol. The molecule has 2 aromatic heterocycles. The number of ether oxygens (including phenoxy) is 1. The Labute approximate surface area is 249 Å². The SMILES string of the molecule is C[C@H]1CN2CCC[C@@]2(COc2nc(N3CC[C@H]4CC[C@@H](C3)N4)c3ccc(-c4nc(N)cc5cccc(F)c45)c(F)c3n2)C1. The largest absolute Gasteiger partial charge is 0.461 e. The number of nitrogens with one attached hydrogen (secondary N) is 1. The van der Waals surface area contributed by atoms with Crippen molar-refractivity contribution < 1.29 is 13.5 Å². The van der Waals surface area contributed by atoms with Crippen LogP contribution in [0, 0.1) is 17.6 Å². The van der Waals surface area contributed by atoms with Gasteiger partial charge in [-0.05, 0) is 80.6 Å². The van der Waals surface area contributed by atoms with Crippen LogP contribution in [-0.2, 0) is 0 Å². The molecule has 4 fully saturated rings. The molecule has 6 heterocycles. The number of nitrogens with zero attached hydrogens (tertiary/aromatic N) is 5. The van der Waals surface area contributed by atoms with Crippen LogP contribution in [0.5, 0.6) is 6.01 Å². The van der Waals surface area contributed by atoms with Crippen molar-refractivity contribution in [2.24, 2.45) is 5.92 Å². The Bertz CT molecular complexity index is 1730. The lowest BCUT2D eigenvalue weighted by Gasteiger charge is -2.31. The zero-order valence-corrected chi connectivity index (χ0v) is 24.5. The predicted octanol–water partition coefficient (Wildman–Crippen LogP) is 5.29. The minimum Gasteiger partial charge on any atom is -0.461 e. The second-order valence-electron chi connectivity index (χ2n) is 13.1. The number of hydrogen-bond donors (Lipinski definition) is 2. The molecule has 10 heteroatoms. The molecule has 4 atom stereocenters. The fraction of sp³-hybridized carbons (Fsp3) is 0.485. The van der Waals surface area contributed by atoms with Gasteiger partial charge in [0.25, 0.3) is 0 Å². The Hall–Kier alpha value is -3.63. The molecule has 4 aliphatic rings. The molecule has 3 N–H and O–H groups in total. The minimum atomic E-state index is -0.585. The van der Waals surface area contributed by atoms with Crippen LogP contribution in [0.25, 0.3) is 32.9 Å². The van der Waals surface area contributed by atoms with Gasteiger partial charge >= 0.3 is 6.01 Å². The highest BCUT2D eigenvalue weighted by Crippen LogP contribution is 2.42. The van der Waals surface area contributed by atoms with Crippen molar-refractivity contribution in [2.75, 3.05) is 43.4 Å². The number of pyridine rings is 1. The molecule has 2 bridgehead atoms. The quantitative estimate of drug-likeness (QED) is 0.327. The molecule has 4 aromatic rings. The average molecular weight is 586 g/mol. The van der Waals surface area contributed by atoms with E-state index in [1.807, 2.05) is 6.07 Å². The molecular formula is C33H37F2N7O. The van der Waals surface area contributed by atoms with Crippen molar-refractivity contribution in [1.82, 2.24) is 25.2 Å². The lowest BCUT2D eigenvalue weighted by molar-refractivity contribution is 0.107. The molecule has 8 nitrogen and oxygen atoms in total. The standard InChI is InChI=1S/C33H37F2N7O/c1-19-15-33(11-3-12-42(33)16-19)18-43-32-39-30-24(31(40-32)41-13-10-21-6-7-22(17-41)37-21)9-8-23(28(30)35)29-27-20(14-26(36)38-29)4-2-5-25(27)34/h2,4-5,8-9,14,19,21-22,37H,3,6-7,10-13,15-18H2,1H3,(H2,36,38)/t19-,21-,22+,33+/m1/s1. The second-order valence-corrected chi connectivity index (χ2v) is 13.1. The number of aromatic nitrogens is 3. The maximum atomic E-state index is 16.7. The highest BCUT2D eigenvalue weighted by molar-refractivity contribution is 6.00. The van der Waals surface area contributed by atoms with Gasteiger partial charge in [0, 0.05) is 48.1 Å². The predicted molar refractivity (Wildman–Crippen MR) is 164 cm³/mol. The van der Waals surface area contributed by atoms with Crippen LogP contribution in [0.4, 0.5) is 20.4 Å². The van der Waals surface area contributed by atoms with E-state index in [9.17, 15) is 0 Å². The number of fused-ring (bicyclic) bond motifs is 5. The van der Waals surface area contributed by atoms with E-state index in [1.54, 1.807) is 24.3 Å². The molecule has 0 spiro atoms. The molecular weight excluding hydrogens is 548 g/mol. The second kappa shape index (κ2) is 10.2. The summed E-state index contributed by atoms with van der Waals surface area (Å²) in [6.45, 7) is 6.52. The summed E-state index contributed by atoms with van der Waals surface area (Å²) in [7, 11) is 0. The van der Waals surface area contributed by atoms with Gasteiger partial charge < -0.3 is 20.7 Å². The van der Waals surface area contributed by atoms with Gasteiger partial charge in [-0.15, -0.1) is 0 Å². The first-order valence-electron chi connectivity index (χ1n) is 15.6. The first-order chi connectivity index (χ1) is 20.9. The van der Waals surface area contributed by atoms with E-state index < -0.39 is 11.6 Å². The van der Waals surface area contributed by atoms with E-state index in [0.717, 1.165) is 58.3 Å². The molecule has 43 heavy (non-hydrogen) atoms. The Morgan fingerprint density at radius 2 is 1.93 bits per heavy atom. The number of nitrogen functional groups attached to an aromatic ring is 1. The molecule has 2 aromatic carbocycles. The Kier molecular flexibility index (Phi) is 6.41. The van der Waals surface area contributed by atoms with Gasteiger partial charge in [0.05, 0.1) is 11.2 Å². The highest BCUT2D eigenvalue weighted by Gasteiger charge is 2.47. The van der Waals surface area contributed by atoms with Crippen molar-refractivity contribution in [3.63, 3.8) is 0 Å². The van der Waals surface area contributed by atoms with Crippen molar-refractivity contribution in [1.29, 1.82) is 0 Å². The number of benzene rings is 2. The minimum absolute atomic E-state index is 0.0219. The van der Waals surface area contributed by atoms with Gasteiger partial charge in [-0.3, -0.25) is 4.90 Å². The Balaban J connectivity index is 1.25. The third kappa shape index (κ3) is 4.57. The van der Waals surface area contributed by atoms with Crippen LogP contribution in [0.1, 0.15) is 45.4 Å². The van der Waals surface area contributed by atoms with Crippen molar-refractivity contribution >= 4 is 33.3 Å². The molecule has 0 unspecified atom stereocenters. The number of anilines is 2. The first-order valence-corrected chi connectivity index (χ1v) is 15.6. The summed E-state index contributed by atoms with van der Waals surface area (Å²) in [5.74, 6) is 0.414. The summed E-state index contributed by atoms with van der Waals surface area (Å²) < 4.78 is 38.2. The summed E-state index contributed by atoms with van der Waals surface area (Å²) in [5, 5.41) is 5.12. The summed E-state index contributed by atoms with van der Waals surface area (Å²) in [5.41, 5.74) is 6.53. The van der Waals surface area contributed by atoms with E-state index in [0.29, 0.717) is 41.2 Å². The normalized spacial score (nSPS) is 27.2. The number of nitrogens with two attached hydrogens (primary N) is 1. The van der Waals surface area contributed by atoms with E-state index >= 15 is 8.78 Å². The molecule has 0 saturated carbocycles. The van der Waals surface area contributed by atoms with Crippen LogP contribution in [0.3, 0.4) is 0 Å². The number of hydrogen-bond acceptors (Lipinski definition) is 8. The number of halogens is 2. The zero-order valence-electron chi connectivity index (χ0n) is 24.5. The summed E-state index contributed by atoms with van der Waals surface area (Å²) in [4.78, 5) is 18.8. The molecule has 0 amide bonds. The van der Waals surface area contributed by atoms with Crippen LogP contribution in [0.15, 0.2) is 36.4 Å². The van der Waals surface area contributed by atoms with E-state index in [4.69, 9.17) is 15.5 Å². The summed E-state index contributed by atoms with van der Waals surface area (Å²) in [6.07, 6.45) is 6.60. The molecule has 4 aliphatic heterocycles. The Morgan fingerprint density at radius 3 is 2.84 bits per heavy atom. The molecule has 4 saturated heterocycles. The summed E-state index contributed by atoms with van der Waals surface area (Å²) in [6, 6.07) is 10.8. The Morgan fingerprint density at radius 1 is 1.05 bits per heavy atom. The topological polar surface area (TPSA) is 92.4 Å². The fourth-order valence-corrected chi connectivity index (χ4v) is 8.25. The van der Waals surface area contributed by atoms with Crippen molar-refractivity contribution in [3.05, 3.63) is 48.0 Å². The highest BCUT2D eigenvalue weighted by atomic mass is 19.1. The van der Waals surface area contributed by atoms with Gasteiger partial charge in [0.1, 0.15) is 29.6 Å². The maximum Gasteiger partial charge on any atom is 0.319 e. The van der Waals surface area contributed by atoms with E-state index in [-0.39, 0.29) is 39.5 Å². The van der Waals surface area contributed by atoms with Crippen molar-refractivity contribution in [2.45, 2.75) is 63.1 Å². The van der Waals surface area contributed by atoms with Gasteiger partial charge in [-0.2, -0.15) is 9.97 Å². The molecule has 8 rings (SSSR count). The van der Waals surface area contributed by atoms with Crippen LogP contribution < -0.4 is 20.7 Å². The lowest BCUT2D eigenvalue weighted by Crippen LogP contribution is -2.43. The van der Waals surface area contributed by atoms with E-state index in [1.165, 1.54) is 12.5 Å². The van der Waals surface area contributed by atoms with Gasteiger partial charge in [-0.1, -0.05) is 19.1 Å². The van der Waals surface area contributed by atoms with Crippen LogP contribution in [0.2, 0.25) is 0 Å². The van der Waals surface area contributed by atoms with Gasteiger partial charge in [-0.25, -0.2) is 13.8 Å². The third-order valence-corrected chi connectivity index (χ3v) is 10.1. The fourth-order valence-electron chi connectivity index (χ4n) is 8.25. The van der Waals surface area contributed by atoms with Gasteiger partial charge in [0.2, 0.25) is 0 Å². The van der Waals surface area contributed by atoms with E-state index in [2.05, 4.69) is 32.0 Å². The summed E-state index contributed by atoms with van der Waals surface area (Å²) >= 11 is 0. The molecule has 0 aliphatic carbocycles. The van der Waals surface area contributed by atoms with Crippen LogP contribution >= 0.6 is 0 Å². The number of rotatable bonds is 5. The molecule has 224 valence electrons. The van der Waals surface area contributed by atoms with Crippen molar-refractivity contribution in [3.8, 4) is 17.3 Å². The van der Waals surface area contributed by atoms with Gasteiger partial charge in [0.15, 0.2) is 5.82 Å². The maximum absolute atomic E-state index is 16.7. The molecule has 0 radical (unpaired) electrons.